The summed E-state index contributed by atoms with van der Waals surface area (Å²) in [4.78, 5) is 23.5. The molecular weight excluding hydrogens is 336 g/mol. The molecule has 0 aliphatic rings. The van der Waals surface area contributed by atoms with Crippen LogP contribution in [0.1, 0.15) is 15.9 Å². The van der Waals surface area contributed by atoms with Gasteiger partial charge in [-0.1, -0.05) is 12.1 Å². The maximum Gasteiger partial charge on any atom is 0.337 e. The lowest BCUT2D eigenvalue weighted by molar-refractivity contribution is -0.119. The fourth-order valence-corrected chi connectivity index (χ4v) is 2.31. The van der Waals surface area contributed by atoms with Crippen molar-refractivity contribution in [3.8, 4) is 11.5 Å². The van der Waals surface area contributed by atoms with Gasteiger partial charge in [0.15, 0.2) is 11.5 Å². The summed E-state index contributed by atoms with van der Waals surface area (Å²) in [5.74, 6) is 0.640. The zero-order chi connectivity index (χ0) is 18.9. The van der Waals surface area contributed by atoms with Crippen LogP contribution in [0.3, 0.4) is 0 Å². The van der Waals surface area contributed by atoms with E-state index in [0.717, 1.165) is 5.56 Å². The van der Waals surface area contributed by atoms with Crippen molar-refractivity contribution in [2.24, 2.45) is 0 Å². The summed E-state index contributed by atoms with van der Waals surface area (Å²) in [5.41, 5.74) is 1.97. The average molecular weight is 358 g/mol. The molecule has 7 heteroatoms. The van der Waals surface area contributed by atoms with Crippen molar-refractivity contribution in [3.05, 3.63) is 53.6 Å². The van der Waals surface area contributed by atoms with E-state index in [0.29, 0.717) is 29.3 Å². The number of carbonyl (C=O) groups excluding carboxylic acids is 2. The third-order valence-corrected chi connectivity index (χ3v) is 3.67. The Morgan fingerprint density at radius 3 is 2.42 bits per heavy atom. The maximum absolute atomic E-state index is 12.0. The quantitative estimate of drug-likeness (QED) is 0.704. The van der Waals surface area contributed by atoms with Crippen LogP contribution in [-0.4, -0.2) is 39.8 Å². The van der Waals surface area contributed by atoms with Crippen LogP contribution in [0.2, 0.25) is 0 Å². The molecule has 26 heavy (non-hydrogen) atoms. The van der Waals surface area contributed by atoms with E-state index >= 15 is 0 Å². The van der Waals surface area contributed by atoms with Crippen LogP contribution in [0.5, 0.6) is 11.5 Å². The van der Waals surface area contributed by atoms with Crippen molar-refractivity contribution in [1.29, 1.82) is 0 Å². The molecule has 0 bridgehead atoms. The fourth-order valence-electron chi connectivity index (χ4n) is 2.31. The van der Waals surface area contributed by atoms with E-state index in [9.17, 15) is 9.59 Å². The SMILES string of the molecule is COC(=O)c1cccc(NCC(=O)NCc2ccc(OC)c(OC)c2)c1. The number of ether oxygens (including phenoxy) is 3. The first-order valence-electron chi connectivity index (χ1n) is 7.97. The summed E-state index contributed by atoms with van der Waals surface area (Å²) in [6.07, 6.45) is 0. The Hall–Kier alpha value is -3.22. The topological polar surface area (TPSA) is 85.9 Å². The lowest BCUT2D eigenvalue weighted by Crippen LogP contribution is -2.29. The molecule has 2 aromatic rings. The number of rotatable bonds is 8. The highest BCUT2D eigenvalue weighted by Gasteiger charge is 2.08. The Labute approximate surface area is 152 Å². The normalized spacial score (nSPS) is 9.96. The van der Waals surface area contributed by atoms with E-state index in [1.54, 1.807) is 44.6 Å². The van der Waals surface area contributed by atoms with Gasteiger partial charge in [-0.2, -0.15) is 0 Å². The number of carbonyl (C=O) groups is 2. The molecule has 2 aromatic carbocycles. The minimum atomic E-state index is -0.424. The van der Waals surface area contributed by atoms with Gasteiger partial charge >= 0.3 is 5.97 Å². The molecule has 0 aliphatic heterocycles. The van der Waals surface area contributed by atoms with Crippen molar-refractivity contribution in [2.45, 2.75) is 6.54 Å². The highest BCUT2D eigenvalue weighted by Crippen LogP contribution is 2.27. The van der Waals surface area contributed by atoms with Crippen LogP contribution in [0.15, 0.2) is 42.5 Å². The predicted molar refractivity (Wildman–Crippen MR) is 97.7 cm³/mol. The van der Waals surface area contributed by atoms with Gasteiger partial charge in [0.25, 0.3) is 0 Å². The van der Waals surface area contributed by atoms with Gasteiger partial charge in [0, 0.05) is 12.2 Å². The van der Waals surface area contributed by atoms with E-state index in [2.05, 4.69) is 15.4 Å². The van der Waals surface area contributed by atoms with Gasteiger partial charge in [0.1, 0.15) is 0 Å². The monoisotopic (exact) mass is 358 g/mol. The number of hydrogen-bond donors (Lipinski definition) is 2. The number of hydrogen-bond acceptors (Lipinski definition) is 6. The van der Waals surface area contributed by atoms with Crippen LogP contribution in [-0.2, 0) is 16.1 Å². The molecule has 2 rings (SSSR count). The standard InChI is InChI=1S/C19H22N2O5/c1-24-16-8-7-13(9-17(16)25-2)11-21-18(22)12-20-15-6-4-5-14(10-15)19(23)26-3/h4-10,20H,11-12H2,1-3H3,(H,21,22). The van der Waals surface area contributed by atoms with Gasteiger partial charge in [-0.05, 0) is 35.9 Å². The van der Waals surface area contributed by atoms with Crippen molar-refractivity contribution in [2.75, 3.05) is 33.2 Å². The first kappa shape index (κ1) is 19.1. The molecule has 0 aromatic heterocycles. The number of methoxy groups -OCH3 is 3. The first-order chi connectivity index (χ1) is 12.6. The molecule has 0 atom stereocenters. The second kappa shape index (κ2) is 9.31. The van der Waals surface area contributed by atoms with Crippen LogP contribution in [0, 0.1) is 0 Å². The molecule has 0 fully saturated rings. The van der Waals surface area contributed by atoms with Gasteiger partial charge in [0.2, 0.25) is 5.91 Å². The molecule has 0 saturated heterocycles. The predicted octanol–water partition coefficient (Wildman–Crippen LogP) is 2.22. The minimum Gasteiger partial charge on any atom is -0.493 e. The summed E-state index contributed by atoms with van der Waals surface area (Å²) < 4.78 is 15.1. The second-order valence-corrected chi connectivity index (χ2v) is 5.39. The molecule has 0 aliphatic carbocycles. The number of anilines is 1. The van der Waals surface area contributed by atoms with E-state index in [1.807, 2.05) is 12.1 Å². The van der Waals surface area contributed by atoms with Crippen LogP contribution in [0.25, 0.3) is 0 Å². The smallest absolute Gasteiger partial charge is 0.337 e. The molecule has 0 unspecified atom stereocenters. The van der Waals surface area contributed by atoms with Crippen LogP contribution < -0.4 is 20.1 Å². The Balaban J connectivity index is 1.87. The van der Waals surface area contributed by atoms with Gasteiger partial charge < -0.3 is 24.8 Å². The number of benzene rings is 2. The lowest BCUT2D eigenvalue weighted by Gasteiger charge is -2.11. The largest absolute Gasteiger partial charge is 0.493 e. The number of nitrogens with one attached hydrogen (secondary N) is 2. The lowest BCUT2D eigenvalue weighted by atomic mass is 10.2. The summed E-state index contributed by atoms with van der Waals surface area (Å²) in [5, 5.41) is 5.79. The zero-order valence-corrected chi connectivity index (χ0v) is 15.0. The van der Waals surface area contributed by atoms with Crippen molar-refractivity contribution in [3.63, 3.8) is 0 Å². The highest BCUT2D eigenvalue weighted by molar-refractivity contribution is 5.90. The van der Waals surface area contributed by atoms with Crippen LogP contribution in [0.4, 0.5) is 5.69 Å². The van der Waals surface area contributed by atoms with Crippen molar-refractivity contribution in [1.82, 2.24) is 5.32 Å². The number of esters is 1. The molecule has 1 amide bonds. The van der Waals surface area contributed by atoms with Gasteiger partial charge in [-0.3, -0.25) is 4.79 Å². The van der Waals surface area contributed by atoms with Gasteiger partial charge in [0.05, 0.1) is 33.4 Å². The van der Waals surface area contributed by atoms with E-state index < -0.39 is 5.97 Å². The fraction of sp³-hybridized carbons (Fsp3) is 0.263. The molecule has 0 saturated carbocycles. The highest BCUT2D eigenvalue weighted by atomic mass is 16.5. The van der Waals surface area contributed by atoms with E-state index in [-0.39, 0.29) is 12.5 Å². The molecule has 0 radical (unpaired) electrons. The molecule has 0 spiro atoms. The summed E-state index contributed by atoms with van der Waals surface area (Å²) in [6, 6.07) is 12.2. The Kier molecular flexibility index (Phi) is 6.84. The third kappa shape index (κ3) is 5.14. The van der Waals surface area contributed by atoms with Crippen LogP contribution >= 0.6 is 0 Å². The van der Waals surface area contributed by atoms with Gasteiger partial charge in [-0.15, -0.1) is 0 Å². The molecule has 2 N–H and O–H groups in total. The summed E-state index contributed by atoms with van der Waals surface area (Å²) in [7, 11) is 4.46. The first-order valence-corrected chi connectivity index (χ1v) is 7.97. The molecule has 7 nitrogen and oxygen atoms in total. The van der Waals surface area contributed by atoms with E-state index in [4.69, 9.17) is 9.47 Å². The van der Waals surface area contributed by atoms with Crippen molar-refractivity contribution >= 4 is 17.6 Å². The summed E-state index contributed by atoms with van der Waals surface area (Å²) >= 11 is 0. The number of amides is 1. The Morgan fingerprint density at radius 2 is 1.73 bits per heavy atom. The molecular formula is C19H22N2O5. The molecule has 0 heterocycles. The molecule has 138 valence electrons. The van der Waals surface area contributed by atoms with Crippen molar-refractivity contribution < 1.29 is 23.8 Å². The maximum atomic E-state index is 12.0. The minimum absolute atomic E-state index is 0.0813. The Morgan fingerprint density at radius 1 is 0.962 bits per heavy atom. The van der Waals surface area contributed by atoms with Gasteiger partial charge in [-0.25, -0.2) is 4.79 Å². The second-order valence-electron chi connectivity index (χ2n) is 5.39. The Bertz CT molecular complexity index is 776. The zero-order valence-electron chi connectivity index (χ0n) is 15.0. The average Bonchev–Trinajstić information content (AvgIpc) is 2.69. The van der Waals surface area contributed by atoms with E-state index in [1.165, 1.54) is 7.11 Å². The summed E-state index contributed by atoms with van der Waals surface area (Å²) in [6.45, 7) is 0.445. The third-order valence-electron chi connectivity index (χ3n) is 3.67.